The molecule has 2 amide bonds. The molecule has 0 aromatic carbocycles. The Morgan fingerprint density at radius 1 is 1.15 bits per heavy atom. The molecule has 8 heteroatoms. The molecule has 3 heterocycles. The lowest BCUT2D eigenvalue weighted by atomic mass is 10.1. The van der Waals surface area contributed by atoms with Crippen LogP contribution in [-0.2, 0) is 13.1 Å². The highest BCUT2D eigenvalue weighted by molar-refractivity contribution is 5.74. The highest BCUT2D eigenvalue weighted by atomic mass is 16.4. The summed E-state index contributed by atoms with van der Waals surface area (Å²) in [5.41, 5.74) is 0. The quantitative estimate of drug-likeness (QED) is 0.893. The summed E-state index contributed by atoms with van der Waals surface area (Å²) < 4.78 is 7.96. The van der Waals surface area contributed by atoms with E-state index in [4.69, 9.17) is 4.42 Å². The Morgan fingerprint density at radius 3 is 2.70 bits per heavy atom. The fourth-order valence-corrected chi connectivity index (χ4v) is 4.36. The van der Waals surface area contributed by atoms with Crippen molar-refractivity contribution in [3.63, 3.8) is 0 Å². The maximum Gasteiger partial charge on any atom is 0.318 e. The summed E-state index contributed by atoms with van der Waals surface area (Å²) in [4.78, 5) is 18.8. The van der Waals surface area contributed by atoms with Crippen LogP contribution >= 0.6 is 0 Å². The number of hydrogen-bond donors (Lipinski definition) is 1. The summed E-state index contributed by atoms with van der Waals surface area (Å²) in [5, 5.41) is 11.9. The third-order valence-electron chi connectivity index (χ3n) is 6.11. The zero-order valence-corrected chi connectivity index (χ0v) is 15.7. The van der Waals surface area contributed by atoms with E-state index >= 15 is 0 Å². The van der Waals surface area contributed by atoms with E-state index in [0.717, 1.165) is 36.9 Å². The number of oxazole rings is 1. The highest BCUT2D eigenvalue weighted by Gasteiger charge is 2.34. The van der Waals surface area contributed by atoms with Gasteiger partial charge in [-0.2, -0.15) is 0 Å². The summed E-state index contributed by atoms with van der Waals surface area (Å²) in [6.45, 7) is 3.82. The second-order valence-electron chi connectivity index (χ2n) is 8.02. The number of carbonyl (C=O) groups excluding carboxylic acids is 1. The summed E-state index contributed by atoms with van der Waals surface area (Å²) in [7, 11) is 0. The average Bonchev–Trinajstić information content (AvgIpc) is 3.09. The Balaban J connectivity index is 1.23. The van der Waals surface area contributed by atoms with E-state index in [-0.39, 0.29) is 12.1 Å². The smallest absolute Gasteiger partial charge is 0.318 e. The normalized spacial score (nSPS) is 22.9. The van der Waals surface area contributed by atoms with Crippen LogP contribution in [0.2, 0.25) is 0 Å². The molecule has 1 aliphatic heterocycles. The number of rotatable bonds is 4. The molecule has 0 saturated heterocycles. The fraction of sp³-hybridized carbons (Fsp3) is 0.684. The van der Waals surface area contributed by atoms with Gasteiger partial charge in [0.05, 0.1) is 18.8 Å². The monoisotopic (exact) mass is 370 g/mol. The van der Waals surface area contributed by atoms with Crippen LogP contribution in [0.1, 0.15) is 86.6 Å². The molecule has 1 N–H and O–H groups in total. The molecule has 8 nitrogen and oxygen atoms in total. The molecule has 0 bridgehead atoms. The number of aromatic nitrogens is 4. The van der Waals surface area contributed by atoms with Crippen LogP contribution in [0.3, 0.4) is 0 Å². The van der Waals surface area contributed by atoms with Gasteiger partial charge in [0.15, 0.2) is 11.7 Å². The zero-order valence-electron chi connectivity index (χ0n) is 15.7. The van der Waals surface area contributed by atoms with Crippen LogP contribution in [0.5, 0.6) is 0 Å². The van der Waals surface area contributed by atoms with Crippen molar-refractivity contribution in [1.82, 2.24) is 30.0 Å². The van der Waals surface area contributed by atoms with Crippen molar-refractivity contribution in [1.29, 1.82) is 0 Å². The number of urea groups is 1. The van der Waals surface area contributed by atoms with Crippen LogP contribution in [0.15, 0.2) is 10.6 Å². The van der Waals surface area contributed by atoms with Crippen molar-refractivity contribution in [3.8, 4) is 0 Å². The number of nitrogens with zero attached hydrogens (tertiary/aromatic N) is 5. The van der Waals surface area contributed by atoms with Gasteiger partial charge >= 0.3 is 6.03 Å². The summed E-state index contributed by atoms with van der Waals surface area (Å²) >= 11 is 0. The van der Waals surface area contributed by atoms with Crippen LogP contribution < -0.4 is 5.32 Å². The SMILES string of the molecule is C[C@@H]1c2nnc(C3CCCC3)n2CCN1C(=O)NCc1cnc(C2CC2)o1. The summed E-state index contributed by atoms with van der Waals surface area (Å²) in [6.07, 6.45) is 9.00. The predicted octanol–water partition coefficient (Wildman–Crippen LogP) is 3.09. The second-order valence-corrected chi connectivity index (χ2v) is 8.02. The van der Waals surface area contributed by atoms with E-state index in [0.29, 0.717) is 30.7 Å². The zero-order chi connectivity index (χ0) is 18.4. The minimum Gasteiger partial charge on any atom is -0.444 e. The second kappa shape index (κ2) is 6.65. The molecular weight excluding hydrogens is 344 g/mol. The first-order chi connectivity index (χ1) is 13.2. The number of fused-ring (bicyclic) bond motifs is 1. The fourth-order valence-electron chi connectivity index (χ4n) is 4.36. The summed E-state index contributed by atoms with van der Waals surface area (Å²) in [5.74, 6) is 4.54. The topological polar surface area (TPSA) is 89.1 Å². The van der Waals surface area contributed by atoms with Crippen molar-refractivity contribution in [3.05, 3.63) is 29.5 Å². The van der Waals surface area contributed by atoms with Gasteiger partial charge in [-0.3, -0.25) is 0 Å². The van der Waals surface area contributed by atoms with Gasteiger partial charge in [-0.05, 0) is 32.6 Å². The number of carbonyl (C=O) groups is 1. The van der Waals surface area contributed by atoms with Crippen molar-refractivity contribution < 1.29 is 9.21 Å². The van der Waals surface area contributed by atoms with Gasteiger partial charge in [-0.15, -0.1) is 10.2 Å². The van der Waals surface area contributed by atoms with E-state index in [1.54, 1.807) is 6.20 Å². The maximum atomic E-state index is 12.7. The van der Waals surface area contributed by atoms with Gasteiger partial charge in [-0.1, -0.05) is 12.8 Å². The molecule has 2 aliphatic carbocycles. The van der Waals surface area contributed by atoms with Crippen LogP contribution in [0.25, 0.3) is 0 Å². The first kappa shape index (κ1) is 16.8. The Kier molecular flexibility index (Phi) is 4.13. The van der Waals surface area contributed by atoms with E-state index in [1.807, 2.05) is 11.8 Å². The first-order valence-electron chi connectivity index (χ1n) is 10.1. The summed E-state index contributed by atoms with van der Waals surface area (Å²) in [6, 6.07) is -0.179. The minimum absolute atomic E-state index is 0.0850. The number of nitrogens with one attached hydrogen (secondary N) is 1. The Labute approximate surface area is 158 Å². The molecule has 3 aliphatic rings. The molecule has 1 atom stereocenters. The van der Waals surface area contributed by atoms with Gasteiger partial charge < -0.3 is 19.2 Å². The first-order valence-corrected chi connectivity index (χ1v) is 10.1. The van der Waals surface area contributed by atoms with Crippen LogP contribution in [0.4, 0.5) is 4.79 Å². The third-order valence-corrected chi connectivity index (χ3v) is 6.11. The lowest BCUT2D eigenvalue weighted by Gasteiger charge is -2.34. The molecule has 2 aromatic rings. The van der Waals surface area contributed by atoms with Gasteiger partial charge in [0, 0.05) is 24.9 Å². The van der Waals surface area contributed by atoms with Gasteiger partial charge in [0.2, 0.25) is 0 Å². The molecule has 0 unspecified atom stereocenters. The standard InChI is InChI=1S/C19H26N6O2/c1-12-16-22-23-17(13-4-2-3-5-13)25(16)9-8-24(12)19(26)21-11-15-10-20-18(27-15)14-6-7-14/h10,12-14H,2-9,11H2,1H3,(H,21,26)/t12-/m1/s1. The van der Waals surface area contributed by atoms with Crippen LogP contribution in [0, 0.1) is 0 Å². The Hall–Kier alpha value is -2.38. The molecule has 2 fully saturated rings. The minimum atomic E-state index is -0.0939. The van der Waals surface area contributed by atoms with Crippen molar-refractivity contribution in [2.45, 2.75) is 76.4 Å². The van der Waals surface area contributed by atoms with Crippen molar-refractivity contribution in [2.75, 3.05) is 6.54 Å². The van der Waals surface area contributed by atoms with E-state index in [2.05, 4.69) is 25.1 Å². The average molecular weight is 370 g/mol. The molecule has 27 heavy (non-hydrogen) atoms. The number of amides is 2. The molecule has 2 aromatic heterocycles. The van der Waals surface area contributed by atoms with E-state index in [1.165, 1.54) is 25.7 Å². The number of hydrogen-bond acceptors (Lipinski definition) is 5. The molecular formula is C19H26N6O2. The molecule has 144 valence electrons. The molecule has 0 spiro atoms. The van der Waals surface area contributed by atoms with Crippen LogP contribution in [-0.4, -0.2) is 37.2 Å². The predicted molar refractivity (Wildman–Crippen MR) is 97.1 cm³/mol. The molecule has 5 rings (SSSR count). The Bertz CT molecular complexity index is 833. The van der Waals surface area contributed by atoms with E-state index in [9.17, 15) is 4.79 Å². The van der Waals surface area contributed by atoms with Gasteiger partial charge in [0.25, 0.3) is 0 Å². The molecule has 2 saturated carbocycles. The van der Waals surface area contributed by atoms with Gasteiger partial charge in [-0.25, -0.2) is 9.78 Å². The maximum absolute atomic E-state index is 12.7. The van der Waals surface area contributed by atoms with Crippen molar-refractivity contribution >= 4 is 6.03 Å². The highest BCUT2D eigenvalue weighted by Crippen LogP contribution is 2.39. The third kappa shape index (κ3) is 3.11. The molecule has 0 radical (unpaired) electrons. The Morgan fingerprint density at radius 2 is 1.93 bits per heavy atom. The largest absolute Gasteiger partial charge is 0.444 e. The van der Waals surface area contributed by atoms with Crippen molar-refractivity contribution in [2.24, 2.45) is 0 Å². The van der Waals surface area contributed by atoms with Gasteiger partial charge in [0.1, 0.15) is 11.6 Å². The van der Waals surface area contributed by atoms with E-state index < -0.39 is 0 Å². The lowest BCUT2D eigenvalue weighted by Crippen LogP contribution is -2.46. The lowest BCUT2D eigenvalue weighted by molar-refractivity contribution is 0.158.